The van der Waals surface area contributed by atoms with Crippen LogP contribution in [0.25, 0.3) is 11.1 Å². The first-order valence-corrected chi connectivity index (χ1v) is 14.5. The second-order valence-electron chi connectivity index (χ2n) is 9.62. The Morgan fingerprint density at radius 1 is 1.07 bits per heavy atom. The number of esters is 1. The van der Waals surface area contributed by atoms with Gasteiger partial charge in [-0.15, -0.1) is 11.3 Å². The minimum absolute atomic E-state index is 0.00916. The van der Waals surface area contributed by atoms with Gasteiger partial charge in [0.25, 0.3) is 0 Å². The van der Waals surface area contributed by atoms with Crippen LogP contribution < -0.4 is 35.6 Å². The Bertz CT molecular complexity index is 1590. The van der Waals surface area contributed by atoms with E-state index in [0.29, 0.717) is 52.0 Å². The number of carbonyl (C=O) groups is 3. The van der Waals surface area contributed by atoms with Crippen LogP contribution in [0, 0.1) is 0 Å². The van der Waals surface area contributed by atoms with Gasteiger partial charge in [-0.25, -0.2) is 4.98 Å². The average molecular weight is 611 g/mol. The first-order valence-electron chi connectivity index (χ1n) is 13.6. The molecule has 1 aliphatic carbocycles. The molecule has 4 rings (SSSR count). The summed E-state index contributed by atoms with van der Waals surface area (Å²) in [5, 5.41) is 10.5. The molecule has 1 heterocycles. The summed E-state index contributed by atoms with van der Waals surface area (Å²) in [5.41, 5.74) is 3.23. The molecule has 0 saturated heterocycles. The summed E-state index contributed by atoms with van der Waals surface area (Å²) >= 11 is 1.18. The molecule has 0 aliphatic heterocycles. The van der Waals surface area contributed by atoms with Gasteiger partial charge in [0.05, 0.1) is 58.3 Å². The lowest BCUT2D eigenvalue weighted by Gasteiger charge is -2.19. The second-order valence-corrected chi connectivity index (χ2v) is 10.5. The van der Waals surface area contributed by atoms with Gasteiger partial charge in [-0.05, 0) is 54.7 Å². The number of thiazole rings is 1. The number of ether oxygens (including phenoxy) is 4. The number of hydrogen-bond donors (Lipinski definition) is 3. The number of aromatic nitrogens is 1. The molecule has 0 saturated carbocycles. The molecule has 0 bridgehead atoms. The van der Waals surface area contributed by atoms with Crippen molar-refractivity contribution >= 4 is 39.9 Å². The molecule has 13 heteroatoms. The third kappa shape index (κ3) is 7.23. The predicted molar refractivity (Wildman–Crippen MR) is 162 cm³/mol. The number of rotatable bonds is 11. The highest BCUT2D eigenvalue weighted by Gasteiger charge is 2.29. The molecule has 43 heavy (non-hydrogen) atoms. The zero-order valence-electron chi connectivity index (χ0n) is 24.6. The molecular formula is C30H34N4O8S. The number of nitrogens with one attached hydrogen (secondary N) is 3. The summed E-state index contributed by atoms with van der Waals surface area (Å²) in [6.45, 7) is 3.22. The minimum atomic E-state index is -0.452. The van der Waals surface area contributed by atoms with Crippen molar-refractivity contribution in [3.63, 3.8) is 0 Å². The Labute approximate surface area is 252 Å². The van der Waals surface area contributed by atoms with E-state index >= 15 is 0 Å². The van der Waals surface area contributed by atoms with Crippen LogP contribution in [0.2, 0.25) is 0 Å². The Kier molecular flexibility index (Phi) is 10.2. The molecule has 0 unspecified atom stereocenters. The van der Waals surface area contributed by atoms with E-state index in [2.05, 4.69) is 20.9 Å². The normalized spacial score (nSPS) is 13.5. The number of methoxy groups -OCH3 is 3. The number of carbonyl (C=O) groups excluding carboxylic acids is 3. The molecule has 0 fully saturated rings. The molecule has 228 valence electrons. The number of amides is 2. The fourth-order valence-corrected chi connectivity index (χ4v) is 5.72. The lowest BCUT2D eigenvalue weighted by atomic mass is 9.95. The van der Waals surface area contributed by atoms with Crippen molar-refractivity contribution in [3.8, 4) is 28.4 Å². The topological polar surface area (TPSA) is 154 Å². The van der Waals surface area contributed by atoms with Crippen molar-refractivity contribution in [1.29, 1.82) is 0 Å². The lowest BCUT2D eigenvalue weighted by molar-refractivity contribution is -0.142. The van der Waals surface area contributed by atoms with Gasteiger partial charge in [-0.2, -0.15) is 0 Å². The number of hydrogen-bond acceptors (Lipinski definition) is 11. The summed E-state index contributed by atoms with van der Waals surface area (Å²) < 4.78 is 21.9. The van der Waals surface area contributed by atoms with E-state index in [1.165, 1.54) is 38.5 Å². The maximum atomic E-state index is 13.4. The fraction of sp³-hybridized carbons (Fsp3) is 0.367. The molecule has 1 atom stereocenters. The molecule has 12 nitrogen and oxygen atoms in total. The third-order valence-corrected chi connectivity index (χ3v) is 7.59. The predicted octanol–water partition coefficient (Wildman–Crippen LogP) is 3.48. The first-order chi connectivity index (χ1) is 20.7. The zero-order chi connectivity index (χ0) is 31.1. The largest absolute Gasteiger partial charge is 0.493 e. The maximum absolute atomic E-state index is 13.4. The van der Waals surface area contributed by atoms with Crippen molar-refractivity contribution in [2.75, 3.05) is 45.1 Å². The maximum Gasteiger partial charge on any atom is 0.311 e. The highest BCUT2D eigenvalue weighted by atomic mass is 32.1. The molecule has 2 aromatic carbocycles. The minimum Gasteiger partial charge on any atom is -0.493 e. The van der Waals surface area contributed by atoms with E-state index in [-0.39, 0.29) is 36.6 Å². The van der Waals surface area contributed by atoms with E-state index in [9.17, 15) is 19.2 Å². The van der Waals surface area contributed by atoms with Gasteiger partial charge in [0.1, 0.15) is 0 Å². The van der Waals surface area contributed by atoms with Crippen LogP contribution in [0.1, 0.15) is 43.1 Å². The monoisotopic (exact) mass is 610 g/mol. The SMILES string of the molecule is CCOC(=O)Cc1csc(NC(=O)CNc2ccc3c(cc2=O)[C@@H](NC(C)=O)CCc2cc(OC)c(OC)c(OC)c2-3)n1. The van der Waals surface area contributed by atoms with Crippen LogP contribution in [0.3, 0.4) is 0 Å². The van der Waals surface area contributed by atoms with E-state index in [1.54, 1.807) is 31.5 Å². The molecule has 1 aromatic heterocycles. The molecule has 0 spiro atoms. The van der Waals surface area contributed by atoms with E-state index in [4.69, 9.17) is 18.9 Å². The highest BCUT2D eigenvalue weighted by Crippen LogP contribution is 2.50. The molecule has 1 aliphatic rings. The number of anilines is 2. The van der Waals surface area contributed by atoms with Gasteiger partial charge < -0.3 is 34.9 Å². The van der Waals surface area contributed by atoms with Crippen molar-refractivity contribution in [2.24, 2.45) is 0 Å². The first kappa shape index (κ1) is 31.3. The Morgan fingerprint density at radius 3 is 2.51 bits per heavy atom. The number of nitrogens with zero attached hydrogens (tertiary/aromatic N) is 1. The van der Waals surface area contributed by atoms with Crippen molar-refractivity contribution in [2.45, 2.75) is 39.2 Å². The van der Waals surface area contributed by atoms with Crippen LogP contribution in [0.4, 0.5) is 10.8 Å². The number of fused-ring (bicyclic) bond motifs is 3. The van der Waals surface area contributed by atoms with Crippen LogP contribution in [0.15, 0.2) is 34.4 Å². The van der Waals surface area contributed by atoms with Gasteiger partial charge in [-0.3, -0.25) is 19.2 Å². The highest BCUT2D eigenvalue weighted by molar-refractivity contribution is 7.13. The van der Waals surface area contributed by atoms with Gasteiger partial charge in [0.2, 0.25) is 23.0 Å². The Hall–Kier alpha value is -4.65. The molecule has 3 N–H and O–H groups in total. The second kappa shape index (κ2) is 14.0. The molecule has 2 amide bonds. The van der Waals surface area contributed by atoms with Crippen LogP contribution in [-0.2, 0) is 32.0 Å². The fourth-order valence-electron chi connectivity index (χ4n) is 5.00. The molecule has 0 radical (unpaired) electrons. The quantitative estimate of drug-likeness (QED) is 0.275. The summed E-state index contributed by atoms with van der Waals surface area (Å²) in [6.07, 6.45) is 1.11. The standard InChI is InChI=1S/C30H34N4O8S/c1-6-42-26(38)12-18-15-43-30(33-18)34-25(37)14-31-22-10-8-19-20(13-23(22)36)21(32-16(2)35)9-7-17-11-24(39-3)28(40-4)29(41-5)27(17)19/h8,10-11,13,15,21H,6-7,9,12,14H2,1-5H3,(H,31,36)(H,32,35)(H,33,34,37)/t21-/m0/s1. The van der Waals surface area contributed by atoms with Gasteiger partial charge in [-0.1, -0.05) is 6.07 Å². The van der Waals surface area contributed by atoms with E-state index in [1.807, 2.05) is 6.07 Å². The van der Waals surface area contributed by atoms with Crippen LogP contribution in [-0.4, -0.2) is 57.2 Å². The van der Waals surface area contributed by atoms with E-state index < -0.39 is 17.9 Å². The van der Waals surface area contributed by atoms with Crippen molar-refractivity contribution in [1.82, 2.24) is 10.3 Å². The summed E-state index contributed by atoms with van der Waals surface area (Å²) in [5.74, 6) is 0.299. The van der Waals surface area contributed by atoms with Crippen LogP contribution >= 0.6 is 11.3 Å². The average Bonchev–Trinajstić information content (AvgIpc) is 3.26. The Morgan fingerprint density at radius 2 is 1.84 bits per heavy atom. The lowest BCUT2D eigenvalue weighted by Crippen LogP contribution is -2.27. The molecular weight excluding hydrogens is 576 g/mol. The summed E-state index contributed by atoms with van der Waals surface area (Å²) in [7, 11) is 4.59. The van der Waals surface area contributed by atoms with Gasteiger partial charge >= 0.3 is 5.97 Å². The Balaban J connectivity index is 1.65. The third-order valence-electron chi connectivity index (χ3n) is 6.78. The van der Waals surface area contributed by atoms with Crippen LogP contribution in [0.5, 0.6) is 17.2 Å². The smallest absolute Gasteiger partial charge is 0.311 e. The summed E-state index contributed by atoms with van der Waals surface area (Å²) in [4.78, 5) is 54.2. The molecule has 3 aromatic rings. The zero-order valence-corrected chi connectivity index (χ0v) is 25.4. The number of aryl methyl sites for hydroxylation is 1. The number of benzene rings is 1. The van der Waals surface area contributed by atoms with Crippen molar-refractivity contribution in [3.05, 3.63) is 56.7 Å². The summed E-state index contributed by atoms with van der Waals surface area (Å²) in [6, 6.07) is 6.27. The van der Waals surface area contributed by atoms with Gasteiger partial charge in [0.15, 0.2) is 16.6 Å². The van der Waals surface area contributed by atoms with Crippen molar-refractivity contribution < 1.29 is 33.3 Å². The van der Waals surface area contributed by atoms with E-state index in [0.717, 1.165) is 11.1 Å². The van der Waals surface area contributed by atoms with Gasteiger partial charge in [0, 0.05) is 17.9 Å².